The highest BCUT2D eigenvalue weighted by Crippen LogP contribution is 2.30. The van der Waals surface area contributed by atoms with E-state index < -0.39 is 12.0 Å². The smallest absolute Gasteiger partial charge is 0.338 e. The molecule has 1 unspecified atom stereocenters. The molecule has 0 spiro atoms. The number of fused-ring (bicyclic) bond motifs is 1. The highest BCUT2D eigenvalue weighted by molar-refractivity contribution is 7.07. The molecule has 0 fully saturated rings. The lowest BCUT2D eigenvalue weighted by Gasteiger charge is -2.24. The normalized spacial score (nSPS) is 15.8. The second kappa shape index (κ2) is 9.28. The molecule has 4 rings (SSSR count). The van der Waals surface area contributed by atoms with E-state index in [1.54, 1.807) is 35.8 Å². The summed E-state index contributed by atoms with van der Waals surface area (Å²) in [6.07, 6.45) is 3.24. The van der Waals surface area contributed by atoms with Gasteiger partial charge in [-0.25, -0.2) is 9.79 Å². The highest BCUT2D eigenvalue weighted by atomic mass is 35.5. The summed E-state index contributed by atoms with van der Waals surface area (Å²) in [5.41, 5.74) is 2.11. The summed E-state index contributed by atoms with van der Waals surface area (Å²) in [4.78, 5) is 31.4. The van der Waals surface area contributed by atoms with Gasteiger partial charge in [0.15, 0.2) is 4.80 Å². The average molecular weight is 485 g/mol. The third kappa shape index (κ3) is 4.21. The van der Waals surface area contributed by atoms with Crippen LogP contribution >= 0.6 is 34.5 Å². The number of carbonyl (C=O) groups is 1. The zero-order valence-corrected chi connectivity index (χ0v) is 19.4. The van der Waals surface area contributed by atoms with Gasteiger partial charge in [-0.15, -0.1) is 0 Å². The van der Waals surface area contributed by atoms with E-state index in [0.29, 0.717) is 30.6 Å². The first-order valence-corrected chi connectivity index (χ1v) is 11.3. The lowest BCUT2D eigenvalue weighted by Crippen LogP contribution is -2.39. The van der Waals surface area contributed by atoms with Crippen LogP contribution < -0.4 is 14.9 Å². The van der Waals surface area contributed by atoms with Crippen LogP contribution in [0.15, 0.2) is 82.2 Å². The van der Waals surface area contributed by atoms with Crippen LogP contribution in [0.2, 0.25) is 10.0 Å². The predicted octanol–water partition coefficient (Wildman–Crippen LogP) is 4.27. The van der Waals surface area contributed by atoms with Crippen molar-refractivity contribution in [1.82, 2.24) is 4.57 Å². The van der Waals surface area contributed by atoms with Gasteiger partial charge in [-0.2, -0.15) is 0 Å². The molecule has 0 aliphatic carbocycles. The molecule has 32 heavy (non-hydrogen) atoms. The number of thiazole rings is 1. The number of hydrogen-bond acceptors (Lipinski definition) is 5. The molecular weight excluding hydrogens is 467 g/mol. The van der Waals surface area contributed by atoms with E-state index >= 15 is 0 Å². The molecule has 0 saturated heterocycles. The Balaban J connectivity index is 1.92. The first-order chi connectivity index (χ1) is 15.4. The Morgan fingerprint density at radius 1 is 1.22 bits per heavy atom. The van der Waals surface area contributed by atoms with E-state index in [1.807, 2.05) is 30.3 Å². The molecule has 1 atom stereocenters. The maximum absolute atomic E-state index is 13.5. The van der Waals surface area contributed by atoms with Crippen LogP contribution in [0.1, 0.15) is 24.1 Å². The van der Waals surface area contributed by atoms with Crippen molar-refractivity contribution in [1.29, 1.82) is 0 Å². The molecule has 2 heterocycles. The third-order valence-electron chi connectivity index (χ3n) is 4.93. The molecule has 8 heteroatoms. The van der Waals surface area contributed by atoms with Gasteiger partial charge in [0.25, 0.3) is 5.56 Å². The number of halogens is 2. The lowest BCUT2D eigenvalue weighted by atomic mass is 9.96. The molecule has 0 radical (unpaired) electrons. The van der Waals surface area contributed by atoms with Crippen molar-refractivity contribution >= 4 is 46.6 Å². The number of nitrogens with zero attached hydrogens (tertiary/aromatic N) is 2. The van der Waals surface area contributed by atoms with Crippen molar-refractivity contribution in [3.05, 3.63) is 113 Å². The quantitative estimate of drug-likeness (QED) is 0.401. The summed E-state index contributed by atoms with van der Waals surface area (Å²) >= 11 is 13.4. The van der Waals surface area contributed by atoms with E-state index in [2.05, 4.69) is 11.6 Å². The summed E-state index contributed by atoms with van der Waals surface area (Å²) < 4.78 is 7.32. The van der Waals surface area contributed by atoms with Gasteiger partial charge in [-0.1, -0.05) is 83.6 Å². The van der Waals surface area contributed by atoms with Crippen LogP contribution in [0.4, 0.5) is 0 Å². The largest absolute Gasteiger partial charge is 0.458 e. The van der Waals surface area contributed by atoms with Crippen molar-refractivity contribution in [2.24, 2.45) is 4.99 Å². The van der Waals surface area contributed by atoms with E-state index in [1.165, 1.54) is 17.4 Å². The van der Waals surface area contributed by atoms with Gasteiger partial charge in [0.1, 0.15) is 6.61 Å². The third-order valence-corrected chi connectivity index (χ3v) is 6.65. The summed E-state index contributed by atoms with van der Waals surface area (Å²) in [5.74, 6) is -0.529. The summed E-state index contributed by atoms with van der Waals surface area (Å²) in [6, 6.07) is 13.9. The Kier molecular flexibility index (Phi) is 6.46. The van der Waals surface area contributed by atoms with Gasteiger partial charge in [-0.05, 0) is 36.3 Å². The minimum absolute atomic E-state index is 0.0683. The van der Waals surface area contributed by atoms with Gasteiger partial charge in [0.2, 0.25) is 0 Å². The van der Waals surface area contributed by atoms with Crippen molar-refractivity contribution < 1.29 is 9.53 Å². The van der Waals surface area contributed by atoms with E-state index in [0.717, 1.165) is 11.1 Å². The van der Waals surface area contributed by atoms with Gasteiger partial charge < -0.3 is 4.74 Å². The number of aromatic nitrogens is 1. The Hall–Kier alpha value is -2.93. The first kappa shape index (κ1) is 22.3. The Morgan fingerprint density at radius 2 is 1.97 bits per heavy atom. The summed E-state index contributed by atoms with van der Waals surface area (Å²) in [7, 11) is 0. The molecule has 0 bridgehead atoms. The van der Waals surface area contributed by atoms with Gasteiger partial charge in [0, 0.05) is 0 Å². The minimum Gasteiger partial charge on any atom is -0.458 e. The molecule has 0 N–H and O–H groups in total. The number of carbonyl (C=O) groups excluding carboxylic acids is 1. The van der Waals surface area contributed by atoms with Crippen LogP contribution in [0, 0.1) is 0 Å². The Bertz CT molecular complexity index is 1420. The molecule has 162 valence electrons. The summed E-state index contributed by atoms with van der Waals surface area (Å²) in [6.45, 7) is 5.40. The summed E-state index contributed by atoms with van der Waals surface area (Å²) in [5, 5.41) is 0.839. The number of allylic oxidation sites excluding steroid dienone is 1. The van der Waals surface area contributed by atoms with Crippen molar-refractivity contribution in [3.8, 4) is 0 Å². The zero-order chi connectivity index (χ0) is 22.8. The molecule has 2 aromatic carbocycles. The second-order valence-electron chi connectivity index (χ2n) is 7.05. The maximum Gasteiger partial charge on any atom is 0.338 e. The van der Waals surface area contributed by atoms with Crippen molar-refractivity contribution in [2.75, 3.05) is 6.61 Å². The number of hydrogen-bond donors (Lipinski definition) is 0. The molecule has 3 aromatic rings. The van der Waals surface area contributed by atoms with E-state index in [4.69, 9.17) is 27.9 Å². The van der Waals surface area contributed by atoms with E-state index in [9.17, 15) is 9.59 Å². The molecule has 5 nitrogen and oxygen atoms in total. The fourth-order valence-electron chi connectivity index (χ4n) is 3.50. The maximum atomic E-state index is 13.5. The molecule has 0 saturated carbocycles. The van der Waals surface area contributed by atoms with Crippen LogP contribution in [0.25, 0.3) is 6.08 Å². The Morgan fingerprint density at radius 3 is 2.66 bits per heavy atom. The topological polar surface area (TPSA) is 60.7 Å². The number of esters is 1. The number of benzene rings is 2. The average Bonchev–Trinajstić information content (AvgIpc) is 3.08. The van der Waals surface area contributed by atoms with Crippen LogP contribution in [-0.2, 0) is 9.53 Å². The predicted molar refractivity (Wildman–Crippen MR) is 128 cm³/mol. The first-order valence-electron chi connectivity index (χ1n) is 9.71. The Labute approximate surface area is 198 Å². The standard InChI is InChI=1S/C24H18Cl2N2O3S/c1-3-11-31-23(30)20-14(2)27-24-28(21(20)16-7-5-4-6-8-16)22(29)19(32-24)13-15-9-10-17(25)18(26)12-15/h3-10,12-13,21H,1,11H2,2H3. The monoisotopic (exact) mass is 484 g/mol. The van der Waals surface area contributed by atoms with Gasteiger partial charge in [0.05, 0.1) is 31.9 Å². The SMILES string of the molecule is C=CCOC(=O)C1=C(C)N=c2sc(=Cc3ccc(Cl)c(Cl)c3)c(=O)n2C1c1ccccc1. The van der Waals surface area contributed by atoms with Crippen molar-refractivity contribution in [3.63, 3.8) is 0 Å². The van der Waals surface area contributed by atoms with Gasteiger partial charge >= 0.3 is 5.97 Å². The zero-order valence-electron chi connectivity index (χ0n) is 17.0. The van der Waals surface area contributed by atoms with Crippen LogP contribution in [0.3, 0.4) is 0 Å². The second-order valence-corrected chi connectivity index (χ2v) is 8.88. The fraction of sp³-hybridized carbons (Fsp3) is 0.125. The molecule has 1 aromatic heterocycles. The highest BCUT2D eigenvalue weighted by Gasteiger charge is 2.33. The number of ether oxygens (including phenoxy) is 1. The van der Waals surface area contributed by atoms with Gasteiger partial charge in [-0.3, -0.25) is 9.36 Å². The lowest BCUT2D eigenvalue weighted by molar-refractivity contribution is -0.138. The van der Waals surface area contributed by atoms with Crippen LogP contribution in [-0.4, -0.2) is 17.1 Å². The molecule has 1 aliphatic heterocycles. The van der Waals surface area contributed by atoms with E-state index in [-0.39, 0.29) is 12.2 Å². The minimum atomic E-state index is -0.652. The fourth-order valence-corrected chi connectivity index (χ4v) is 4.85. The van der Waals surface area contributed by atoms with Crippen molar-refractivity contribution in [2.45, 2.75) is 13.0 Å². The molecule has 0 amide bonds. The number of rotatable bonds is 5. The molecule has 1 aliphatic rings. The van der Waals surface area contributed by atoms with Crippen LogP contribution in [0.5, 0.6) is 0 Å². The molecular formula is C24H18Cl2N2O3S.